The van der Waals surface area contributed by atoms with Gasteiger partial charge in [0.15, 0.2) is 0 Å². The van der Waals surface area contributed by atoms with E-state index in [0.29, 0.717) is 0 Å². The number of aromatic nitrogens is 2. The van der Waals surface area contributed by atoms with Crippen molar-refractivity contribution in [3.8, 4) is 11.1 Å². The average Bonchev–Trinajstić information content (AvgIpc) is 3.03. The number of para-hydroxylation sites is 1. The summed E-state index contributed by atoms with van der Waals surface area (Å²) >= 11 is 5.26. The molecule has 3 nitrogen and oxygen atoms in total. The molecular formula is C20H16BrN3S. The number of hydrogen-bond acceptors (Lipinski definition) is 4. The first-order valence-electron chi connectivity index (χ1n) is 8.10. The summed E-state index contributed by atoms with van der Waals surface area (Å²) in [5.74, 6) is 0.852. The molecule has 0 aliphatic rings. The van der Waals surface area contributed by atoms with Crippen molar-refractivity contribution in [1.82, 2.24) is 9.97 Å². The molecule has 2 heterocycles. The molecule has 0 fully saturated rings. The van der Waals surface area contributed by atoms with Crippen LogP contribution in [-0.2, 0) is 6.42 Å². The highest BCUT2D eigenvalue weighted by molar-refractivity contribution is 9.10. The van der Waals surface area contributed by atoms with E-state index in [9.17, 15) is 0 Å². The maximum absolute atomic E-state index is 4.53. The van der Waals surface area contributed by atoms with Crippen LogP contribution in [0.4, 0.5) is 11.5 Å². The predicted molar refractivity (Wildman–Crippen MR) is 110 cm³/mol. The van der Waals surface area contributed by atoms with Crippen molar-refractivity contribution in [2.45, 2.75) is 13.3 Å². The number of rotatable bonds is 4. The van der Waals surface area contributed by atoms with Crippen LogP contribution < -0.4 is 5.32 Å². The summed E-state index contributed by atoms with van der Waals surface area (Å²) in [6.45, 7) is 2.19. The van der Waals surface area contributed by atoms with E-state index in [-0.39, 0.29) is 0 Å². The average molecular weight is 410 g/mol. The van der Waals surface area contributed by atoms with Gasteiger partial charge in [-0.15, -0.1) is 11.3 Å². The molecule has 0 saturated heterocycles. The summed E-state index contributed by atoms with van der Waals surface area (Å²) in [5.41, 5.74) is 3.44. The molecule has 0 aliphatic carbocycles. The van der Waals surface area contributed by atoms with Crippen LogP contribution in [0.15, 0.2) is 65.4 Å². The second-order valence-electron chi connectivity index (χ2n) is 5.65. The molecule has 0 radical (unpaired) electrons. The van der Waals surface area contributed by atoms with Crippen LogP contribution >= 0.6 is 27.3 Å². The lowest BCUT2D eigenvalue weighted by Gasteiger charge is -2.09. The van der Waals surface area contributed by atoms with E-state index < -0.39 is 0 Å². The molecule has 5 heteroatoms. The molecule has 0 aliphatic heterocycles. The maximum atomic E-state index is 4.53. The molecule has 0 unspecified atom stereocenters. The lowest BCUT2D eigenvalue weighted by molar-refractivity contribution is 1.19. The zero-order valence-corrected chi connectivity index (χ0v) is 16.1. The van der Waals surface area contributed by atoms with E-state index >= 15 is 0 Å². The highest BCUT2D eigenvalue weighted by atomic mass is 79.9. The smallest absolute Gasteiger partial charge is 0.143 e. The van der Waals surface area contributed by atoms with Gasteiger partial charge in [-0.25, -0.2) is 9.97 Å². The molecular weight excluding hydrogens is 394 g/mol. The van der Waals surface area contributed by atoms with Gasteiger partial charge < -0.3 is 5.32 Å². The molecule has 0 spiro atoms. The van der Waals surface area contributed by atoms with Gasteiger partial charge in [0.05, 0.1) is 5.39 Å². The van der Waals surface area contributed by atoms with E-state index in [0.717, 1.165) is 32.6 Å². The number of hydrogen-bond donors (Lipinski definition) is 1. The molecule has 2 aromatic carbocycles. The van der Waals surface area contributed by atoms with Crippen LogP contribution in [0.2, 0.25) is 0 Å². The standard InChI is InChI=1S/C20H16BrN3S/c1-2-16-17(13-8-10-14(21)11-9-13)18-19(22-12-23-20(18)25-16)24-15-6-4-3-5-7-15/h3-12H,2H2,1H3,(H,22,23,24). The van der Waals surface area contributed by atoms with E-state index in [2.05, 4.69) is 62.4 Å². The number of halogens is 1. The number of aryl methyl sites for hydroxylation is 1. The molecule has 2 aromatic heterocycles. The first-order chi connectivity index (χ1) is 12.3. The maximum Gasteiger partial charge on any atom is 0.143 e. The first kappa shape index (κ1) is 16.2. The van der Waals surface area contributed by atoms with E-state index in [4.69, 9.17) is 0 Å². The molecule has 0 amide bonds. The number of benzene rings is 2. The summed E-state index contributed by atoms with van der Waals surface area (Å²) in [5, 5.41) is 4.55. The number of anilines is 2. The lowest BCUT2D eigenvalue weighted by Crippen LogP contribution is -1.95. The van der Waals surface area contributed by atoms with Gasteiger partial charge in [0.25, 0.3) is 0 Å². The largest absolute Gasteiger partial charge is 0.340 e. The summed E-state index contributed by atoms with van der Waals surface area (Å²) in [6, 6.07) is 18.6. The van der Waals surface area contributed by atoms with Gasteiger partial charge in [0.2, 0.25) is 0 Å². The van der Waals surface area contributed by atoms with Gasteiger partial charge in [-0.3, -0.25) is 0 Å². The zero-order chi connectivity index (χ0) is 17.2. The van der Waals surface area contributed by atoms with Gasteiger partial charge >= 0.3 is 0 Å². The Bertz CT molecular complexity index is 1010. The van der Waals surface area contributed by atoms with Crippen LogP contribution in [0, 0.1) is 0 Å². The van der Waals surface area contributed by atoms with Crippen LogP contribution in [0.3, 0.4) is 0 Å². The number of nitrogens with zero attached hydrogens (tertiary/aromatic N) is 2. The Hall–Kier alpha value is -2.24. The van der Waals surface area contributed by atoms with Crippen LogP contribution in [-0.4, -0.2) is 9.97 Å². The molecule has 0 saturated carbocycles. The topological polar surface area (TPSA) is 37.8 Å². The van der Waals surface area contributed by atoms with Gasteiger partial charge in [-0.05, 0) is 36.2 Å². The fourth-order valence-corrected chi connectivity index (χ4v) is 4.27. The minimum Gasteiger partial charge on any atom is -0.340 e. The highest BCUT2D eigenvalue weighted by Crippen LogP contribution is 2.41. The Morgan fingerprint density at radius 2 is 1.76 bits per heavy atom. The fourth-order valence-electron chi connectivity index (χ4n) is 2.90. The SMILES string of the molecule is CCc1sc2ncnc(Nc3ccccc3)c2c1-c1ccc(Br)cc1. The van der Waals surface area contributed by atoms with Gasteiger partial charge in [0.1, 0.15) is 17.0 Å². The van der Waals surface area contributed by atoms with Crippen molar-refractivity contribution < 1.29 is 0 Å². The van der Waals surface area contributed by atoms with Crippen molar-refractivity contribution in [1.29, 1.82) is 0 Å². The summed E-state index contributed by atoms with van der Waals surface area (Å²) < 4.78 is 1.08. The Labute approximate surface area is 158 Å². The van der Waals surface area contributed by atoms with Gasteiger partial charge in [-0.2, -0.15) is 0 Å². The normalized spacial score (nSPS) is 11.0. The van der Waals surface area contributed by atoms with Crippen molar-refractivity contribution in [2.75, 3.05) is 5.32 Å². The third-order valence-corrected chi connectivity index (χ3v) is 5.82. The number of nitrogens with one attached hydrogen (secondary N) is 1. The van der Waals surface area contributed by atoms with Crippen LogP contribution in [0.5, 0.6) is 0 Å². The summed E-state index contributed by atoms with van der Waals surface area (Å²) in [6.07, 6.45) is 2.60. The van der Waals surface area contributed by atoms with Crippen molar-refractivity contribution in [2.24, 2.45) is 0 Å². The molecule has 4 rings (SSSR count). The molecule has 25 heavy (non-hydrogen) atoms. The van der Waals surface area contributed by atoms with Gasteiger partial charge in [0, 0.05) is 20.6 Å². The molecule has 1 N–H and O–H groups in total. The monoisotopic (exact) mass is 409 g/mol. The summed E-state index contributed by atoms with van der Waals surface area (Å²) in [7, 11) is 0. The Balaban J connectivity index is 1.92. The quantitative estimate of drug-likeness (QED) is 0.422. The Morgan fingerprint density at radius 1 is 1.00 bits per heavy atom. The molecule has 4 aromatic rings. The second kappa shape index (κ2) is 6.94. The predicted octanol–water partition coefficient (Wildman–Crippen LogP) is 6.43. The Kier molecular flexibility index (Phi) is 4.51. The minimum absolute atomic E-state index is 0.852. The van der Waals surface area contributed by atoms with E-state index in [1.165, 1.54) is 16.0 Å². The first-order valence-corrected chi connectivity index (χ1v) is 9.71. The Morgan fingerprint density at radius 3 is 2.48 bits per heavy atom. The molecule has 124 valence electrons. The second-order valence-corrected chi connectivity index (χ2v) is 7.65. The van der Waals surface area contributed by atoms with E-state index in [1.807, 2.05) is 30.3 Å². The molecule has 0 bridgehead atoms. The third kappa shape index (κ3) is 3.17. The van der Waals surface area contributed by atoms with Crippen molar-refractivity contribution >= 4 is 49.0 Å². The lowest BCUT2D eigenvalue weighted by atomic mass is 10.0. The number of fused-ring (bicyclic) bond motifs is 1. The van der Waals surface area contributed by atoms with Crippen molar-refractivity contribution in [3.63, 3.8) is 0 Å². The number of thiophene rings is 1. The van der Waals surface area contributed by atoms with Crippen LogP contribution in [0.25, 0.3) is 21.3 Å². The summed E-state index contributed by atoms with van der Waals surface area (Å²) in [4.78, 5) is 11.4. The van der Waals surface area contributed by atoms with E-state index in [1.54, 1.807) is 17.7 Å². The third-order valence-electron chi connectivity index (χ3n) is 4.05. The molecule has 0 atom stereocenters. The zero-order valence-electron chi connectivity index (χ0n) is 13.7. The minimum atomic E-state index is 0.852. The highest BCUT2D eigenvalue weighted by Gasteiger charge is 2.18. The van der Waals surface area contributed by atoms with Crippen LogP contribution in [0.1, 0.15) is 11.8 Å². The van der Waals surface area contributed by atoms with Gasteiger partial charge in [-0.1, -0.05) is 53.2 Å². The fraction of sp³-hybridized carbons (Fsp3) is 0.100. The van der Waals surface area contributed by atoms with Crippen molar-refractivity contribution in [3.05, 3.63) is 70.3 Å².